The Hall–Kier alpha value is -0.610. The number of carbonyl (C=O) groups is 1. The third kappa shape index (κ3) is 10.2. The standard InChI is InChI=1S/C16H32O4/c1-3-5-6-7-8-9-10-11-12-13-14-20-15(17)16(18,19)4-2/h18-19H,3-14H2,1-2H3. The molecule has 4 nitrogen and oxygen atoms in total. The van der Waals surface area contributed by atoms with Gasteiger partial charge in [0.05, 0.1) is 6.61 Å². The van der Waals surface area contributed by atoms with Crippen LogP contribution in [0.1, 0.15) is 84.5 Å². The molecule has 0 rings (SSSR count). The summed E-state index contributed by atoms with van der Waals surface area (Å²) in [4.78, 5) is 11.2. The average molecular weight is 288 g/mol. The second-order valence-corrected chi connectivity index (χ2v) is 5.49. The van der Waals surface area contributed by atoms with E-state index in [1.807, 2.05) is 0 Å². The van der Waals surface area contributed by atoms with Gasteiger partial charge in [0.25, 0.3) is 5.79 Å². The zero-order valence-electron chi connectivity index (χ0n) is 13.2. The molecule has 0 atom stereocenters. The van der Waals surface area contributed by atoms with Crippen LogP contribution in [0, 0.1) is 0 Å². The van der Waals surface area contributed by atoms with Gasteiger partial charge in [0.15, 0.2) is 0 Å². The molecule has 120 valence electrons. The van der Waals surface area contributed by atoms with Crippen molar-refractivity contribution in [1.29, 1.82) is 0 Å². The molecule has 0 spiro atoms. The fourth-order valence-electron chi connectivity index (χ4n) is 2.01. The van der Waals surface area contributed by atoms with Gasteiger partial charge in [-0.25, -0.2) is 4.79 Å². The lowest BCUT2D eigenvalue weighted by Crippen LogP contribution is -2.39. The maximum Gasteiger partial charge on any atom is 0.366 e. The number of esters is 1. The van der Waals surface area contributed by atoms with Gasteiger partial charge in [0.2, 0.25) is 0 Å². The van der Waals surface area contributed by atoms with E-state index < -0.39 is 11.8 Å². The Kier molecular flexibility index (Phi) is 11.8. The summed E-state index contributed by atoms with van der Waals surface area (Å²) in [6.45, 7) is 4.03. The highest BCUT2D eigenvalue weighted by Gasteiger charge is 2.32. The van der Waals surface area contributed by atoms with E-state index in [4.69, 9.17) is 4.74 Å². The molecule has 0 amide bonds. The molecule has 0 radical (unpaired) electrons. The fourth-order valence-corrected chi connectivity index (χ4v) is 2.01. The summed E-state index contributed by atoms with van der Waals surface area (Å²) < 4.78 is 4.83. The topological polar surface area (TPSA) is 66.8 Å². The zero-order valence-corrected chi connectivity index (χ0v) is 13.2. The van der Waals surface area contributed by atoms with Crippen LogP contribution in [-0.2, 0) is 9.53 Å². The van der Waals surface area contributed by atoms with Crippen molar-refractivity contribution >= 4 is 5.97 Å². The quantitative estimate of drug-likeness (QED) is 0.309. The monoisotopic (exact) mass is 288 g/mol. The van der Waals surface area contributed by atoms with E-state index in [9.17, 15) is 15.0 Å². The third-order valence-corrected chi connectivity index (χ3v) is 3.55. The van der Waals surface area contributed by atoms with Crippen LogP contribution < -0.4 is 0 Å². The Morgan fingerprint density at radius 2 is 1.30 bits per heavy atom. The van der Waals surface area contributed by atoms with Crippen molar-refractivity contribution in [2.24, 2.45) is 0 Å². The van der Waals surface area contributed by atoms with Crippen molar-refractivity contribution in [1.82, 2.24) is 0 Å². The second-order valence-electron chi connectivity index (χ2n) is 5.49. The summed E-state index contributed by atoms with van der Waals surface area (Å²) in [6, 6.07) is 0. The van der Waals surface area contributed by atoms with Crippen LogP contribution in [0.2, 0.25) is 0 Å². The minimum Gasteiger partial charge on any atom is -0.462 e. The minimum absolute atomic E-state index is 0.0517. The predicted octanol–water partition coefficient (Wildman–Crippen LogP) is 3.54. The summed E-state index contributed by atoms with van der Waals surface area (Å²) in [5, 5.41) is 18.5. The Balaban J connectivity index is 3.27. The van der Waals surface area contributed by atoms with Crippen molar-refractivity contribution in [3.63, 3.8) is 0 Å². The number of unbranched alkanes of at least 4 members (excludes halogenated alkanes) is 9. The van der Waals surface area contributed by atoms with Gasteiger partial charge in [0, 0.05) is 6.42 Å². The molecular formula is C16H32O4. The molecular weight excluding hydrogens is 256 g/mol. The highest BCUT2D eigenvalue weighted by Crippen LogP contribution is 2.11. The molecule has 0 aliphatic carbocycles. The normalized spacial score (nSPS) is 11.6. The van der Waals surface area contributed by atoms with E-state index in [1.165, 1.54) is 51.9 Å². The molecule has 0 aliphatic heterocycles. The van der Waals surface area contributed by atoms with E-state index in [0.717, 1.165) is 19.3 Å². The van der Waals surface area contributed by atoms with Crippen LogP contribution in [-0.4, -0.2) is 28.6 Å². The molecule has 0 bridgehead atoms. The van der Waals surface area contributed by atoms with Crippen molar-refractivity contribution in [2.45, 2.75) is 90.3 Å². The first kappa shape index (κ1) is 19.4. The molecule has 0 aromatic carbocycles. The van der Waals surface area contributed by atoms with Crippen molar-refractivity contribution in [3.8, 4) is 0 Å². The summed E-state index contributed by atoms with van der Waals surface area (Å²) in [7, 11) is 0. The summed E-state index contributed by atoms with van der Waals surface area (Å²) in [6.07, 6.45) is 12.1. The zero-order chi connectivity index (χ0) is 15.3. The molecule has 0 heterocycles. The van der Waals surface area contributed by atoms with E-state index in [1.54, 1.807) is 0 Å². The lowest BCUT2D eigenvalue weighted by Gasteiger charge is -2.17. The fraction of sp³-hybridized carbons (Fsp3) is 0.938. The Bertz CT molecular complexity index is 239. The van der Waals surface area contributed by atoms with E-state index >= 15 is 0 Å². The van der Waals surface area contributed by atoms with Crippen LogP contribution in [0.15, 0.2) is 0 Å². The molecule has 0 unspecified atom stereocenters. The maximum atomic E-state index is 11.2. The van der Waals surface area contributed by atoms with Crippen molar-refractivity contribution in [3.05, 3.63) is 0 Å². The molecule has 20 heavy (non-hydrogen) atoms. The van der Waals surface area contributed by atoms with Gasteiger partial charge in [-0.2, -0.15) is 0 Å². The van der Waals surface area contributed by atoms with Gasteiger partial charge in [0.1, 0.15) is 0 Å². The number of hydrogen-bond acceptors (Lipinski definition) is 4. The summed E-state index contributed by atoms with van der Waals surface area (Å²) in [5.41, 5.74) is 0. The van der Waals surface area contributed by atoms with Crippen LogP contribution in [0.3, 0.4) is 0 Å². The second kappa shape index (κ2) is 12.2. The van der Waals surface area contributed by atoms with E-state index in [2.05, 4.69) is 6.92 Å². The average Bonchev–Trinajstić information content (AvgIpc) is 2.44. The van der Waals surface area contributed by atoms with Gasteiger partial charge in [-0.15, -0.1) is 0 Å². The molecule has 0 saturated heterocycles. The predicted molar refractivity (Wildman–Crippen MR) is 80.3 cm³/mol. The van der Waals surface area contributed by atoms with Crippen molar-refractivity contribution in [2.75, 3.05) is 6.61 Å². The molecule has 0 saturated carbocycles. The molecule has 0 aromatic rings. The van der Waals surface area contributed by atoms with Gasteiger partial charge in [-0.05, 0) is 6.42 Å². The number of ether oxygens (including phenoxy) is 1. The number of aliphatic hydroxyl groups is 2. The molecule has 2 N–H and O–H groups in total. The lowest BCUT2D eigenvalue weighted by atomic mass is 10.1. The van der Waals surface area contributed by atoms with Crippen LogP contribution >= 0.6 is 0 Å². The third-order valence-electron chi connectivity index (χ3n) is 3.55. The molecule has 0 aromatic heterocycles. The first-order valence-corrected chi connectivity index (χ1v) is 8.16. The largest absolute Gasteiger partial charge is 0.462 e. The van der Waals surface area contributed by atoms with Gasteiger partial charge >= 0.3 is 5.97 Å². The SMILES string of the molecule is CCCCCCCCCCCCOC(=O)C(O)(O)CC. The van der Waals surface area contributed by atoms with Gasteiger partial charge in [-0.3, -0.25) is 0 Å². The summed E-state index contributed by atoms with van der Waals surface area (Å²) in [5.74, 6) is -3.26. The summed E-state index contributed by atoms with van der Waals surface area (Å²) >= 11 is 0. The first-order valence-electron chi connectivity index (χ1n) is 8.16. The maximum absolute atomic E-state index is 11.2. The molecule has 4 heteroatoms. The van der Waals surface area contributed by atoms with Crippen molar-refractivity contribution < 1.29 is 19.7 Å². The highest BCUT2D eigenvalue weighted by atomic mass is 16.6. The Morgan fingerprint density at radius 3 is 1.75 bits per heavy atom. The van der Waals surface area contributed by atoms with Gasteiger partial charge < -0.3 is 14.9 Å². The van der Waals surface area contributed by atoms with Crippen LogP contribution in [0.4, 0.5) is 0 Å². The number of rotatable bonds is 13. The number of hydrogen-bond donors (Lipinski definition) is 2. The number of carbonyl (C=O) groups excluding carboxylic acids is 1. The van der Waals surface area contributed by atoms with E-state index in [-0.39, 0.29) is 13.0 Å². The minimum atomic E-state index is -2.32. The smallest absolute Gasteiger partial charge is 0.366 e. The molecule has 0 aliphatic rings. The van der Waals surface area contributed by atoms with Crippen LogP contribution in [0.5, 0.6) is 0 Å². The Morgan fingerprint density at radius 1 is 0.850 bits per heavy atom. The van der Waals surface area contributed by atoms with Gasteiger partial charge in [-0.1, -0.05) is 71.6 Å². The van der Waals surface area contributed by atoms with Crippen LogP contribution in [0.25, 0.3) is 0 Å². The first-order chi connectivity index (χ1) is 9.54. The molecule has 0 fully saturated rings. The highest BCUT2D eigenvalue weighted by molar-refractivity contribution is 5.76. The lowest BCUT2D eigenvalue weighted by molar-refractivity contribution is -0.210. The van der Waals surface area contributed by atoms with E-state index in [0.29, 0.717) is 0 Å². The Labute approximate surface area is 123 Å².